The van der Waals surface area contributed by atoms with Crippen LogP contribution >= 0.6 is 0 Å². The maximum Gasteiger partial charge on any atom is 0.140 e. The molecule has 2 bridgehead atoms. The fourth-order valence-corrected chi connectivity index (χ4v) is 1.88. The molecule has 0 aromatic carbocycles. The van der Waals surface area contributed by atoms with E-state index in [2.05, 4.69) is 13.0 Å². The summed E-state index contributed by atoms with van der Waals surface area (Å²) >= 11 is 0. The third kappa shape index (κ3) is 0.576. The van der Waals surface area contributed by atoms with Crippen LogP contribution in [0, 0.1) is 11.8 Å². The van der Waals surface area contributed by atoms with Gasteiger partial charge in [-0.2, -0.15) is 0 Å². The van der Waals surface area contributed by atoms with Gasteiger partial charge in [0.1, 0.15) is 5.78 Å². The van der Waals surface area contributed by atoms with E-state index in [1.54, 1.807) is 0 Å². The second kappa shape index (κ2) is 1.47. The Balaban J connectivity index is 2.35. The van der Waals surface area contributed by atoms with Crippen molar-refractivity contribution in [3.63, 3.8) is 0 Å². The topological polar surface area (TPSA) is 17.1 Å². The fraction of sp³-hybridized carbons (Fsp3) is 0.625. The smallest absolute Gasteiger partial charge is 0.140 e. The second-order valence-electron chi connectivity index (χ2n) is 3.12. The highest BCUT2D eigenvalue weighted by Gasteiger charge is 2.36. The van der Waals surface area contributed by atoms with Crippen molar-refractivity contribution in [2.24, 2.45) is 11.8 Å². The molecule has 1 heteroatoms. The molecular weight excluding hydrogens is 112 g/mol. The van der Waals surface area contributed by atoms with Crippen molar-refractivity contribution in [3.8, 4) is 0 Å². The number of fused-ring (bicyclic) bond motifs is 2. The number of carbonyl (C=O) groups excluding carboxylic acids is 1. The zero-order valence-corrected chi connectivity index (χ0v) is 5.55. The van der Waals surface area contributed by atoms with Crippen LogP contribution in [0.4, 0.5) is 0 Å². The molecule has 1 fully saturated rings. The van der Waals surface area contributed by atoms with E-state index >= 15 is 0 Å². The average molecular weight is 122 g/mol. The van der Waals surface area contributed by atoms with Crippen molar-refractivity contribution in [1.82, 2.24) is 0 Å². The van der Waals surface area contributed by atoms with Crippen LogP contribution in [0.3, 0.4) is 0 Å². The zero-order chi connectivity index (χ0) is 6.43. The van der Waals surface area contributed by atoms with Crippen molar-refractivity contribution in [2.75, 3.05) is 0 Å². The quantitative estimate of drug-likeness (QED) is 0.445. The van der Waals surface area contributed by atoms with E-state index in [1.807, 2.05) is 0 Å². The highest BCUT2D eigenvalue weighted by molar-refractivity contribution is 5.87. The van der Waals surface area contributed by atoms with Crippen molar-refractivity contribution in [2.45, 2.75) is 19.8 Å². The summed E-state index contributed by atoms with van der Waals surface area (Å²) in [5, 5.41) is 0. The van der Waals surface area contributed by atoms with Gasteiger partial charge in [0, 0.05) is 12.3 Å². The molecule has 0 N–H and O–H groups in total. The minimum atomic E-state index is 0.315. The van der Waals surface area contributed by atoms with Gasteiger partial charge in [-0.1, -0.05) is 11.6 Å². The van der Waals surface area contributed by atoms with Crippen LogP contribution in [0.15, 0.2) is 11.6 Å². The van der Waals surface area contributed by atoms with Crippen molar-refractivity contribution < 1.29 is 4.79 Å². The lowest BCUT2D eigenvalue weighted by Crippen LogP contribution is -2.05. The largest absolute Gasteiger partial charge is 0.299 e. The lowest BCUT2D eigenvalue weighted by atomic mass is 10.00. The van der Waals surface area contributed by atoms with Crippen LogP contribution in [0.25, 0.3) is 0 Å². The summed E-state index contributed by atoms with van der Waals surface area (Å²) in [5.74, 6) is 1.41. The molecule has 1 saturated carbocycles. The van der Waals surface area contributed by atoms with Crippen LogP contribution in [0.5, 0.6) is 0 Å². The molecule has 0 aliphatic heterocycles. The molecule has 2 atom stereocenters. The number of hydrogen-bond acceptors (Lipinski definition) is 1. The molecule has 0 heterocycles. The Morgan fingerprint density at radius 2 is 2.44 bits per heavy atom. The molecule has 0 aromatic heterocycles. The SMILES string of the molecule is CC1=C[C@@H]2C[C@H]1CC2=O. The van der Waals surface area contributed by atoms with Gasteiger partial charge in [0.15, 0.2) is 0 Å². The Labute approximate surface area is 54.8 Å². The molecule has 2 rings (SSSR count). The fourth-order valence-electron chi connectivity index (χ4n) is 1.88. The standard InChI is InChI=1S/C8H10O/c1-5-2-7-3-6(5)4-8(7)9/h2,6-7H,3-4H2,1H3/t6-,7+/m0/s1. The van der Waals surface area contributed by atoms with Gasteiger partial charge in [0.25, 0.3) is 0 Å². The molecule has 2 aliphatic rings. The predicted octanol–water partition coefficient (Wildman–Crippen LogP) is 1.54. The van der Waals surface area contributed by atoms with Gasteiger partial charge in [-0.05, 0) is 19.3 Å². The number of ketones is 1. The van der Waals surface area contributed by atoms with Crippen LogP contribution in [-0.4, -0.2) is 5.78 Å². The second-order valence-corrected chi connectivity index (χ2v) is 3.12. The maximum atomic E-state index is 10.9. The first-order valence-electron chi connectivity index (χ1n) is 3.48. The minimum Gasteiger partial charge on any atom is -0.299 e. The van der Waals surface area contributed by atoms with Crippen LogP contribution < -0.4 is 0 Å². The molecule has 0 aromatic rings. The van der Waals surface area contributed by atoms with Gasteiger partial charge >= 0.3 is 0 Å². The van der Waals surface area contributed by atoms with Crippen molar-refractivity contribution in [1.29, 1.82) is 0 Å². The summed E-state index contributed by atoms with van der Waals surface area (Å²) in [7, 11) is 0. The minimum absolute atomic E-state index is 0.315. The number of allylic oxidation sites excluding steroid dienone is 2. The molecule has 1 nitrogen and oxygen atoms in total. The van der Waals surface area contributed by atoms with E-state index in [4.69, 9.17) is 0 Å². The van der Waals surface area contributed by atoms with Gasteiger partial charge in [-0.15, -0.1) is 0 Å². The first-order valence-corrected chi connectivity index (χ1v) is 3.48. The Kier molecular flexibility index (Phi) is 0.850. The lowest BCUT2D eigenvalue weighted by molar-refractivity contribution is -0.119. The highest BCUT2D eigenvalue weighted by Crippen LogP contribution is 2.40. The van der Waals surface area contributed by atoms with E-state index in [0.29, 0.717) is 17.6 Å². The van der Waals surface area contributed by atoms with Gasteiger partial charge in [0.2, 0.25) is 0 Å². The van der Waals surface area contributed by atoms with Gasteiger partial charge in [-0.3, -0.25) is 4.79 Å². The van der Waals surface area contributed by atoms with E-state index in [-0.39, 0.29) is 0 Å². The van der Waals surface area contributed by atoms with E-state index in [1.165, 1.54) is 5.57 Å². The molecule has 0 saturated heterocycles. The van der Waals surface area contributed by atoms with E-state index in [0.717, 1.165) is 12.8 Å². The van der Waals surface area contributed by atoms with E-state index < -0.39 is 0 Å². The summed E-state index contributed by atoms with van der Waals surface area (Å²) in [4.78, 5) is 10.9. The molecule has 0 radical (unpaired) electrons. The summed E-state index contributed by atoms with van der Waals surface area (Å²) in [6.07, 6.45) is 4.08. The first kappa shape index (κ1) is 5.21. The van der Waals surface area contributed by atoms with Crippen LogP contribution in [0.2, 0.25) is 0 Å². The molecule has 0 amide bonds. The first-order chi connectivity index (χ1) is 4.27. The van der Waals surface area contributed by atoms with Crippen LogP contribution in [-0.2, 0) is 4.79 Å². The molecule has 48 valence electrons. The third-order valence-corrected chi connectivity index (χ3v) is 2.51. The maximum absolute atomic E-state index is 10.9. The number of carbonyl (C=O) groups is 1. The summed E-state index contributed by atoms with van der Waals surface area (Å²) in [6.45, 7) is 2.14. The molecule has 9 heavy (non-hydrogen) atoms. The molecule has 0 spiro atoms. The van der Waals surface area contributed by atoms with Crippen molar-refractivity contribution in [3.05, 3.63) is 11.6 Å². The Morgan fingerprint density at radius 3 is 2.78 bits per heavy atom. The predicted molar refractivity (Wildman–Crippen MR) is 35.0 cm³/mol. The lowest BCUT2D eigenvalue weighted by Gasteiger charge is -2.05. The number of rotatable bonds is 0. The summed E-state index contributed by atoms with van der Waals surface area (Å²) in [6, 6.07) is 0. The Hall–Kier alpha value is -0.590. The summed E-state index contributed by atoms with van der Waals surface area (Å²) in [5.41, 5.74) is 1.44. The van der Waals surface area contributed by atoms with Gasteiger partial charge in [0.05, 0.1) is 0 Å². The van der Waals surface area contributed by atoms with Crippen LogP contribution in [0.1, 0.15) is 19.8 Å². The molecule has 2 aliphatic carbocycles. The Bertz CT molecular complexity index is 191. The number of Topliss-reactive ketones (excluding diaryl/α,β-unsaturated/α-hetero) is 1. The van der Waals surface area contributed by atoms with Gasteiger partial charge < -0.3 is 0 Å². The molecule has 0 unspecified atom stereocenters. The average Bonchev–Trinajstić information content (AvgIpc) is 2.24. The zero-order valence-electron chi connectivity index (χ0n) is 5.55. The number of hydrogen-bond donors (Lipinski definition) is 0. The third-order valence-electron chi connectivity index (χ3n) is 2.51. The van der Waals surface area contributed by atoms with E-state index in [9.17, 15) is 4.79 Å². The monoisotopic (exact) mass is 122 g/mol. The van der Waals surface area contributed by atoms with Crippen molar-refractivity contribution >= 4 is 5.78 Å². The van der Waals surface area contributed by atoms with Gasteiger partial charge in [-0.25, -0.2) is 0 Å². The molecular formula is C8H10O. The normalized spacial score (nSPS) is 39.7. The highest BCUT2D eigenvalue weighted by atomic mass is 16.1. The summed E-state index contributed by atoms with van der Waals surface area (Å²) < 4.78 is 0. The Morgan fingerprint density at radius 1 is 1.67 bits per heavy atom.